The van der Waals surface area contributed by atoms with E-state index in [1.165, 1.54) is 6.92 Å². The predicted octanol–water partition coefficient (Wildman–Crippen LogP) is 2.62. The summed E-state index contributed by atoms with van der Waals surface area (Å²) in [7, 11) is 0. The van der Waals surface area contributed by atoms with Gasteiger partial charge in [-0.1, -0.05) is 12.1 Å². The largest absolute Gasteiger partial charge is 0.297 e. The Hall–Kier alpha value is -2.49. The first-order valence-corrected chi connectivity index (χ1v) is 5.65. The van der Waals surface area contributed by atoms with Crippen molar-refractivity contribution in [2.24, 2.45) is 0 Å². The second kappa shape index (κ2) is 4.07. The fraction of sp³-hybridized carbons (Fsp3) is 0.0714. The van der Waals surface area contributed by atoms with Gasteiger partial charge < -0.3 is 0 Å². The fourth-order valence-corrected chi connectivity index (χ4v) is 1.90. The van der Waals surface area contributed by atoms with Crippen molar-refractivity contribution in [2.45, 2.75) is 6.92 Å². The van der Waals surface area contributed by atoms with Crippen LogP contribution in [0.5, 0.6) is 0 Å². The summed E-state index contributed by atoms with van der Waals surface area (Å²) in [6, 6.07) is 11.5. The highest BCUT2D eigenvalue weighted by Crippen LogP contribution is 2.17. The van der Waals surface area contributed by atoms with Gasteiger partial charge >= 0.3 is 0 Å². The summed E-state index contributed by atoms with van der Waals surface area (Å²) in [4.78, 5) is 19.6. The molecule has 0 saturated heterocycles. The van der Waals surface area contributed by atoms with Crippen molar-refractivity contribution in [3.8, 4) is 5.69 Å². The van der Waals surface area contributed by atoms with Crippen LogP contribution in [0, 0.1) is 0 Å². The van der Waals surface area contributed by atoms with Crippen molar-refractivity contribution in [3.63, 3.8) is 0 Å². The highest BCUT2D eigenvalue weighted by Gasteiger charge is 2.05. The third-order valence-corrected chi connectivity index (χ3v) is 2.84. The van der Waals surface area contributed by atoms with Gasteiger partial charge in [0.15, 0.2) is 5.78 Å². The Labute approximate surface area is 104 Å². The van der Waals surface area contributed by atoms with E-state index in [1.54, 1.807) is 18.6 Å². The molecule has 4 nitrogen and oxygen atoms in total. The molecule has 2 aromatic heterocycles. The second-order valence-corrected chi connectivity index (χ2v) is 4.06. The average molecular weight is 237 g/mol. The van der Waals surface area contributed by atoms with E-state index in [0.717, 1.165) is 16.7 Å². The van der Waals surface area contributed by atoms with Crippen LogP contribution in [0.1, 0.15) is 17.4 Å². The molecular formula is C14H11N3O. The van der Waals surface area contributed by atoms with Crippen LogP contribution < -0.4 is 0 Å². The van der Waals surface area contributed by atoms with Crippen molar-refractivity contribution in [3.05, 3.63) is 54.6 Å². The van der Waals surface area contributed by atoms with E-state index < -0.39 is 0 Å². The molecule has 88 valence electrons. The third-order valence-electron chi connectivity index (χ3n) is 2.84. The van der Waals surface area contributed by atoms with E-state index in [-0.39, 0.29) is 5.78 Å². The molecule has 0 radical (unpaired) electrons. The van der Waals surface area contributed by atoms with Crippen LogP contribution in [0.2, 0.25) is 0 Å². The zero-order chi connectivity index (χ0) is 12.5. The lowest BCUT2D eigenvalue weighted by molar-refractivity contribution is 0.101. The molecule has 0 spiro atoms. The molecule has 3 aromatic rings. The zero-order valence-corrected chi connectivity index (χ0v) is 9.87. The first-order valence-electron chi connectivity index (χ1n) is 5.65. The van der Waals surface area contributed by atoms with Crippen LogP contribution in [0.3, 0.4) is 0 Å². The number of nitrogens with zero attached hydrogens (tertiary/aromatic N) is 3. The smallest absolute Gasteiger partial charge is 0.178 e. The van der Waals surface area contributed by atoms with Crippen molar-refractivity contribution in [2.75, 3.05) is 0 Å². The Morgan fingerprint density at radius 2 is 1.94 bits per heavy atom. The van der Waals surface area contributed by atoms with E-state index in [9.17, 15) is 4.79 Å². The first kappa shape index (κ1) is 10.7. The van der Waals surface area contributed by atoms with Crippen LogP contribution in [-0.4, -0.2) is 20.3 Å². The molecule has 0 aliphatic rings. The number of hydrogen-bond donors (Lipinski definition) is 0. The Bertz CT molecular complexity index is 713. The number of fused-ring (bicyclic) bond motifs is 1. The Morgan fingerprint density at radius 1 is 1.11 bits per heavy atom. The maximum atomic E-state index is 11.2. The van der Waals surface area contributed by atoms with E-state index in [4.69, 9.17) is 0 Å². The number of rotatable bonds is 2. The summed E-state index contributed by atoms with van der Waals surface area (Å²) in [5.74, 6) is -0.0305. The van der Waals surface area contributed by atoms with Crippen LogP contribution in [0.25, 0.3) is 16.7 Å². The van der Waals surface area contributed by atoms with Crippen LogP contribution in [0.4, 0.5) is 0 Å². The lowest BCUT2D eigenvalue weighted by Crippen LogP contribution is -1.98. The second-order valence-electron chi connectivity index (χ2n) is 4.06. The Balaban J connectivity index is 2.12. The highest BCUT2D eigenvalue weighted by atomic mass is 16.1. The van der Waals surface area contributed by atoms with Crippen molar-refractivity contribution in [1.82, 2.24) is 14.5 Å². The lowest BCUT2D eigenvalue weighted by atomic mass is 10.2. The topological polar surface area (TPSA) is 47.8 Å². The molecule has 18 heavy (non-hydrogen) atoms. The number of carbonyl (C=O) groups excluding carboxylic acids is 1. The van der Waals surface area contributed by atoms with Gasteiger partial charge in [-0.15, -0.1) is 0 Å². The van der Waals surface area contributed by atoms with Crippen LogP contribution >= 0.6 is 0 Å². The molecule has 1 aromatic carbocycles. The standard InChI is InChI=1S/C14H11N3O/c1-10(18)12-7-6-11(8-15-12)17-9-16-13-4-2-3-5-14(13)17/h2-9H,1H3. The van der Waals surface area contributed by atoms with Gasteiger partial charge in [-0.3, -0.25) is 14.3 Å². The van der Waals surface area contributed by atoms with Gasteiger partial charge in [0.1, 0.15) is 12.0 Å². The number of aromatic nitrogens is 3. The van der Waals surface area contributed by atoms with Crippen LogP contribution in [-0.2, 0) is 0 Å². The number of Topliss-reactive ketones (excluding diaryl/α,β-unsaturated/α-hetero) is 1. The van der Waals surface area contributed by atoms with Gasteiger partial charge in [0.05, 0.1) is 22.9 Å². The molecular weight excluding hydrogens is 226 g/mol. The molecule has 0 N–H and O–H groups in total. The van der Waals surface area contributed by atoms with Gasteiger partial charge in [-0.25, -0.2) is 4.98 Å². The first-order chi connectivity index (χ1) is 8.75. The normalized spacial score (nSPS) is 10.7. The molecule has 0 bridgehead atoms. The number of para-hydroxylation sites is 2. The number of carbonyl (C=O) groups is 1. The quantitative estimate of drug-likeness (QED) is 0.644. The lowest BCUT2D eigenvalue weighted by Gasteiger charge is -2.04. The summed E-state index contributed by atoms with van der Waals surface area (Å²) in [6.07, 6.45) is 3.44. The molecule has 0 aliphatic heterocycles. The number of ketones is 1. The molecule has 0 fully saturated rings. The molecule has 0 atom stereocenters. The maximum Gasteiger partial charge on any atom is 0.178 e. The van der Waals surface area contributed by atoms with E-state index in [1.807, 2.05) is 34.9 Å². The van der Waals surface area contributed by atoms with Gasteiger partial charge in [0.25, 0.3) is 0 Å². The zero-order valence-electron chi connectivity index (χ0n) is 9.87. The van der Waals surface area contributed by atoms with E-state index in [2.05, 4.69) is 9.97 Å². The Kier molecular flexibility index (Phi) is 2.41. The third kappa shape index (κ3) is 1.68. The van der Waals surface area contributed by atoms with E-state index >= 15 is 0 Å². The number of benzene rings is 1. The highest BCUT2D eigenvalue weighted by molar-refractivity contribution is 5.92. The minimum Gasteiger partial charge on any atom is -0.297 e. The monoisotopic (exact) mass is 237 g/mol. The SMILES string of the molecule is CC(=O)c1ccc(-n2cnc3ccccc32)cn1. The minimum absolute atomic E-state index is 0.0305. The fourth-order valence-electron chi connectivity index (χ4n) is 1.90. The summed E-state index contributed by atoms with van der Waals surface area (Å²) in [6.45, 7) is 1.51. The van der Waals surface area contributed by atoms with E-state index in [0.29, 0.717) is 5.69 Å². The molecule has 0 unspecified atom stereocenters. The average Bonchev–Trinajstić information content (AvgIpc) is 2.82. The minimum atomic E-state index is -0.0305. The van der Waals surface area contributed by atoms with Crippen molar-refractivity contribution in [1.29, 1.82) is 0 Å². The summed E-state index contributed by atoms with van der Waals surface area (Å²) < 4.78 is 1.95. The Morgan fingerprint density at radius 3 is 2.67 bits per heavy atom. The van der Waals surface area contributed by atoms with Gasteiger partial charge in [-0.2, -0.15) is 0 Å². The number of hydrogen-bond acceptors (Lipinski definition) is 3. The number of pyridine rings is 1. The molecule has 3 rings (SSSR count). The molecule has 0 saturated carbocycles. The molecule has 0 aliphatic carbocycles. The van der Waals surface area contributed by atoms with Gasteiger partial charge in [-0.05, 0) is 24.3 Å². The molecule has 4 heteroatoms. The van der Waals surface area contributed by atoms with Crippen molar-refractivity contribution >= 4 is 16.8 Å². The summed E-state index contributed by atoms with van der Waals surface area (Å²) in [5.41, 5.74) is 3.33. The summed E-state index contributed by atoms with van der Waals surface area (Å²) in [5, 5.41) is 0. The van der Waals surface area contributed by atoms with Gasteiger partial charge in [0, 0.05) is 6.92 Å². The predicted molar refractivity (Wildman–Crippen MR) is 68.9 cm³/mol. The summed E-state index contributed by atoms with van der Waals surface area (Å²) >= 11 is 0. The number of imidazole rings is 1. The molecule has 2 heterocycles. The molecule has 0 amide bonds. The maximum absolute atomic E-state index is 11.2. The van der Waals surface area contributed by atoms with Gasteiger partial charge in [0.2, 0.25) is 0 Å². The van der Waals surface area contributed by atoms with Crippen molar-refractivity contribution < 1.29 is 4.79 Å². The van der Waals surface area contributed by atoms with Crippen LogP contribution in [0.15, 0.2) is 48.9 Å².